The Bertz CT molecular complexity index is 629. The van der Waals surface area contributed by atoms with Crippen LogP contribution in [0.3, 0.4) is 0 Å². The fraction of sp³-hybridized carbons (Fsp3) is 0.562. The summed E-state index contributed by atoms with van der Waals surface area (Å²) in [5.74, 6) is 0.848. The van der Waals surface area contributed by atoms with Gasteiger partial charge in [0.1, 0.15) is 0 Å². The number of hydrogen-bond acceptors (Lipinski definition) is 4. The molecule has 0 aromatic carbocycles. The van der Waals surface area contributed by atoms with Gasteiger partial charge in [0.25, 0.3) is 0 Å². The smallest absolute Gasteiger partial charge is 0.190 e. The molecule has 24 heavy (non-hydrogen) atoms. The third-order valence-corrected chi connectivity index (χ3v) is 4.75. The molecule has 0 atom stereocenters. The van der Waals surface area contributed by atoms with Crippen molar-refractivity contribution in [1.29, 1.82) is 0 Å². The van der Waals surface area contributed by atoms with E-state index in [0.29, 0.717) is 0 Å². The second kappa shape index (κ2) is 10.7. The van der Waals surface area contributed by atoms with E-state index in [9.17, 15) is 0 Å². The van der Waals surface area contributed by atoms with Crippen molar-refractivity contribution in [3.63, 3.8) is 0 Å². The molecule has 0 aliphatic carbocycles. The topological polar surface area (TPSA) is 67.1 Å². The Morgan fingerprint density at radius 1 is 1.25 bits per heavy atom. The standard InChI is InChI=1S/C16H26N6S.HI/c1-12-13(2)23-15(21-12)7-9-19-16(17-3)18-8-5-6-14-10-20-22(4)11-14;/h10-11H,5-9H2,1-4H3,(H2,17,18,19);1H. The molecule has 134 valence electrons. The maximum Gasteiger partial charge on any atom is 0.190 e. The molecule has 2 rings (SSSR count). The Balaban J connectivity index is 0.00000288. The maximum absolute atomic E-state index is 4.55. The van der Waals surface area contributed by atoms with Crippen LogP contribution >= 0.6 is 35.3 Å². The molecule has 2 heterocycles. The number of nitrogens with one attached hydrogen (secondary N) is 2. The van der Waals surface area contributed by atoms with Crippen molar-refractivity contribution < 1.29 is 0 Å². The van der Waals surface area contributed by atoms with E-state index < -0.39 is 0 Å². The number of aliphatic imine (C=N–C) groups is 1. The molecule has 0 radical (unpaired) electrons. The van der Waals surface area contributed by atoms with Crippen LogP contribution in [0.1, 0.15) is 27.6 Å². The van der Waals surface area contributed by atoms with Crippen molar-refractivity contribution in [3.05, 3.63) is 33.5 Å². The summed E-state index contributed by atoms with van der Waals surface area (Å²) in [4.78, 5) is 10.1. The lowest BCUT2D eigenvalue weighted by Crippen LogP contribution is -2.38. The SMILES string of the molecule is CN=C(NCCCc1cnn(C)c1)NCCc1nc(C)c(C)s1.I. The number of nitrogens with zero attached hydrogens (tertiary/aromatic N) is 4. The van der Waals surface area contributed by atoms with Crippen LogP contribution in [0.15, 0.2) is 17.4 Å². The fourth-order valence-electron chi connectivity index (χ4n) is 2.25. The van der Waals surface area contributed by atoms with Crippen LogP contribution in [0.5, 0.6) is 0 Å². The first-order chi connectivity index (χ1) is 11.1. The zero-order chi connectivity index (χ0) is 16.7. The van der Waals surface area contributed by atoms with E-state index in [4.69, 9.17) is 0 Å². The third-order valence-electron chi connectivity index (χ3n) is 3.62. The second-order valence-electron chi connectivity index (χ2n) is 5.55. The minimum Gasteiger partial charge on any atom is -0.356 e. The lowest BCUT2D eigenvalue weighted by atomic mass is 10.2. The van der Waals surface area contributed by atoms with E-state index in [1.807, 2.05) is 17.9 Å². The number of guanidine groups is 1. The largest absolute Gasteiger partial charge is 0.356 e. The molecule has 2 N–H and O–H groups in total. The Labute approximate surface area is 165 Å². The van der Waals surface area contributed by atoms with Crippen LogP contribution in [0.2, 0.25) is 0 Å². The summed E-state index contributed by atoms with van der Waals surface area (Å²) in [5, 5.41) is 12.0. The van der Waals surface area contributed by atoms with E-state index in [-0.39, 0.29) is 24.0 Å². The molecule has 0 saturated heterocycles. The predicted molar refractivity (Wildman–Crippen MR) is 112 cm³/mol. The Morgan fingerprint density at radius 3 is 2.58 bits per heavy atom. The molecular formula is C16H27IN6S. The maximum atomic E-state index is 4.55. The van der Waals surface area contributed by atoms with Crippen molar-refractivity contribution in [2.45, 2.75) is 33.1 Å². The van der Waals surface area contributed by atoms with E-state index in [0.717, 1.165) is 44.0 Å². The van der Waals surface area contributed by atoms with Crippen LogP contribution in [-0.4, -0.2) is 40.9 Å². The van der Waals surface area contributed by atoms with E-state index in [2.05, 4.69) is 45.8 Å². The lowest BCUT2D eigenvalue weighted by Gasteiger charge is -2.10. The van der Waals surface area contributed by atoms with Crippen LogP contribution < -0.4 is 10.6 Å². The van der Waals surface area contributed by atoms with Crippen molar-refractivity contribution in [3.8, 4) is 0 Å². The summed E-state index contributed by atoms with van der Waals surface area (Å²) in [5.41, 5.74) is 2.41. The van der Waals surface area contributed by atoms with Gasteiger partial charge in [0.05, 0.1) is 16.9 Å². The molecular weight excluding hydrogens is 435 g/mol. The van der Waals surface area contributed by atoms with Gasteiger partial charge in [-0.1, -0.05) is 0 Å². The summed E-state index contributed by atoms with van der Waals surface area (Å²) in [6.07, 6.45) is 6.98. The highest BCUT2D eigenvalue weighted by Crippen LogP contribution is 2.16. The highest BCUT2D eigenvalue weighted by molar-refractivity contribution is 14.0. The van der Waals surface area contributed by atoms with Gasteiger partial charge >= 0.3 is 0 Å². The first-order valence-corrected chi connectivity index (χ1v) is 8.75. The molecule has 2 aromatic heterocycles. The summed E-state index contributed by atoms with van der Waals surface area (Å²) in [7, 11) is 3.74. The number of aryl methyl sites for hydroxylation is 4. The molecule has 8 heteroatoms. The van der Waals surface area contributed by atoms with Crippen molar-refractivity contribution in [1.82, 2.24) is 25.4 Å². The van der Waals surface area contributed by atoms with Gasteiger partial charge in [0.15, 0.2) is 5.96 Å². The zero-order valence-corrected chi connectivity index (χ0v) is 17.9. The van der Waals surface area contributed by atoms with Crippen molar-refractivity contribution in [2.75, 3.05) is 20.1 Å². The molecule has 0 amide bonds. The van der Waals surface area contributed by atoms with E-state index >= 15 is 0 Å². The van der Waals surface area contributed by atoms with Gasteiger partial charge in [-0.3, -0.25) is 9.67 Å². The van der Waals surface area contributed by atoms with Gasteiger partial charge in [0, 0.05) is 44.7 Å². The average molecular weight is 462 g/mol. The molecule has 0 saturated carbocycles. The Kier molecular flexibility index (Phi) is 9.27. The molecule has 6 nitrogen and oxygen atoms in total. The summed E-state index contributed by atoms with van der Waals surface area (Å²) >= 11 is 1.78. The van der Waals surface area contributed by atoms with Gasteiger partial charge in [-0.2, -0.15) is 5.10 Å². The van der Waals surface area contributed by atoms with Crippen molar-refractivity contribution in [2.24, 2.45) is 12.0 Å². The molecule has 2 aromatic rings. The van der Waals surface area contributed by atoms with E-state index in [1.165, 1.54) is 15.4 Å². The first kappa shape index (κ1) is 20.9. The van der Waals surface area contributed by atoms with Gasteiger partial charge in [-0.05, 0) is 32.3 Å². The lowest BCUT2D eigenvalue weighted by molar-refractivity contribution is 0.736. The molecule has 0 unspecified atom stereocenters. The van der Waals surface area contributed by atoms with Crippen LogP contribution in [-0.2, 0) is 19.9 Å². The predicted octanol–water partition coefficient (Wildman–Crippen LogP) is 2.45. The number of halogens is 1. The first-order valence-electron chi connectivity index (χ1n) is 7.93. The zero-order valence-electron chi connectivity index (χ0n) is 14.8. The molecule has 0 fully saturated rings. The number of aromatic nitrogens is 3. The van der Waals surface area contributed by atoms with Crippen molar-refractivity contribution >= 4 is 41.3 Å². The molecule has 0 aliphatic heterocycles. The quantitative estimate of drug-likeness (QED) is 0.287. The summed E-state index contributed by atoms with van der Waals surface area (Å²) < 4.78 is 1.84. The number of rotatable bonds is 7. The minimum absolute atomic E-state index is 0. The van der Waals surface area contributed by atoms with Gasteiger partial charge < -0.3 is 10.6 Å². The summed E-state index contributed by atoms with van der Waals surface area (Å²) in [6, 6.07) is 0. The highest BCUT2D eigenvalue weighted by Gasteiger charge is 2.04. The Morgan fingerprint density at radius 2 is 2.00 bits per heavy atom. The highest BCUT2D eigenvalue weighted by atomic mass is 127. The molecule has 0 bridgehead atoms. The fourth-order valence-corrected chi connectivity index (χ4v) is 3.19. The normalized spacial score (nSPS) is 11.2. The molecule has 0 spiro atoms. The van der Waals surface area contributed by atoms with Gasteiger partial charge in [0.2, 0.25) is 0 Å². The Hall–Kier alpha value is -1.16. The molecule has 0 aliphatic rings. The van der Waals surface area contributed by atoms with Crippen LogP contribution in [0.4, 0.5) is 0 Å². The number of thiazole rings is 1. The number of hydrogen-bond donors (Lipinski definition) is 2. The van der Waals surface area contributed by atoms with Gasteiger partial charge in [-0.15, -0.1) is 35.3 Å². The third kappa shape index (κ3) is 6.76. The summed E-state index contributed by atoms with van der Waals surface area (Å²) in [6.45, 7) is 5.91. The van der Waals surface area contributed by atoms with Crippen LogP contribution in [0, 0.1) is 13.8 Å². The van der Waals surface area contributed by atoms with E-state index in [1.54, 1.807) is 18.4 Å². The second-order valence-corrected chi connectivity index (χ2v) is 6.84. The average Bonchev–Trinajstić information content (AvgIpc) is 3.07. The van der Waals surface area contributed by atoms with Gasteiger partial charge in [-0.25, -0.2) is 4.98 Å². The monoisotopic (exact) mass is 462 g/mol. The minimum atomic E-state index is 0. The van der Waals surface area contributed by atoms with Crippen LogP contribution in [0.25, 0.3) is 0 Å².